The lowest BCUT2D eigenvalue weighted by Crippen LogP contribution is -2.52. The number of carbonyl (C=O) groups excluding carboxylic acids is 1. The smallest absolute Gasteiger partial charge is 0.232 e. The van der Waals surface area contributed by atoms with E-state index in [0.29, 0.717) is 18.9 Å². The van der Waals surface area contributed by atoms with Gasteiger partial charge in [-0.2, -0.15) is 9.49 Å². The molecule has 0 aromatic carbocycles. The minimum atomic E-state index is -0.423. The fourth-order valence-corrected chi connectivity index (χ4v) is 2.94. The number of halogens is 1. The Morgan fingerprint density at radius 3 is 2.83 bits per heavy atom. The van der Waals surface area contributed by atoms with Crippen molar-refractivity contribution in [3.05, 3.63) is 42.2 Å². The minimum absolute atomic E-state index is 0.165. The van der Waals surface area contributed by atoms with E-state index < -0.39 is 5.13 Å². The number of aromatic nitrogens is 5. The molecule has 24 heavy (non-hydrogen) atoms. The SMILES string of the molecule is O=C(Nc1ncc(F)s1)C1CN(c2cc(-n3cccn3)ncn2)C1. The van der Waals surface area contributed by atoms with E-state index in [1.54, 1.807) is 17.1 Å². The average Bonchev–Trinajstić information content (AvgIpc) is 3.18. The van der Waals surface area contributed by atoms with Gasteiger partial charge in [0, 0.05) is 31.5 Å². The van der Waals surface area contributed by atoms with Crippen LogP contribution < -0.4 is 10.2 Å². The van der Waals surface area contributed by atoms with Gasteiger partial charge in [-0.25, -0.2) is 19.6 Å². The molecule has 1 aliphatic rings. The highest BCUT2D eigenvalue weighted by atomic mass is 32.1. The van der Waals surface area contributed by atoms with Crippen molar-refractivity contribution in [1.82, 2.24) is 24.7 Å². The number of nitrogens with one attached hydrogen (secondary N) is 1. The highest BCUT2D eigenvalue weighted by Gasteiger charge is 2.34. The Morgan fingerprint density at radius 2 is 2.12 bits per heavy atom. The first-order valence-electron chi connectivity index (χ1n) is 7.18. The fourth-order valence-electron chi connectivity index (χ4n) is 2.39. The third-order valence-corrected chi connectivity index (χ3v) is 4.36. The molecule has 4 heterocycles. The maximum atomic E-state index is 12.9. The van der Waals surface area contributed by atoms with Gasteiger partial charge in [0.05, 0.1) is 12.1 Å². The molecule has 0 spiro atoms. The van der Waals surface area contributed by atoms with E-state index in [2.05, 4.69) is 25.4 Å². The number of hydrogen-bond acceptors (Lipinski definition) is 7. The van der Waals surface area contributed by atoms with Gasteiger partial charge in [-0.3, -0.25) is 4.79 Å². The molecule has 8 nitrogen and oxygen atoms in total. The van der Waals surface area contributed by atoms with Gasteiger partial charge in [0.15, 0.2) is 16.1 Å². The molecular weight excluding hydrogens is 333 g/mol. The Morgan fingerprint density at radius 1 is 1.29 bits per heavy atom. The highest BCUT2D eigenvalue weighted by molar-refractivity contribution is 7.14. The van der Waals surface area contributed by atoms with Gasteiger partial charge in [-0.05, 0) is 6.07 Å². The molecule has 3 aromatic rings. The predicted molar refractivity (Wildman–Crippen MR) is 85.6 cm³/mol. The quantitative estimate of drug-likeness (QED) is 0.767. The van der Waals surface area contributed by atoms with Crippen molar-refractivity contribution in [2.45, 2.75) is 0 Å². The zero-order chi connectivity index (χ0) is 16.5. The molecule has 0 bridgehead atoms. The molecule has 4 rings (SSSR count). The summed E-state index contributed by atoms with van der Waals surface area (Å²) in [6.07, 6.45) is 6.03. The summed E-state index contributed by atoms with van der Waals surface area (Å²) in [5.74, 6) is 1.05. The summed E-state index contributed by atoms with van der Waals surface area (Å²) in [4.78, 5) is 26.3. The third kappa shape index (κ3) is 2.83. The lowest BCUT2D eigenvalue weighted by Gasteiger charge is -2.38. The van der Waals surface area contributed by atoms with Crippen LogP contribution in [-0.2, 0) is 4.79 Å². The van der Waals surface area contributed by atoms with Crippen molar-refractivity contribution in [2.75, 3.05) is 23.3 Å². The van der Waals surface area contributed by atoms with Gasteiger partial charge in [-0.1, -0.05) is 11.3 Å². The van der Waals surface area contributed by atoms with E-state index >= 15 is 0 Å². The standard InChI is InChI=1S/C14H12FN7OS/c15-10-5-16-14(24-10)20-13(23)9-6-21(7-9)11-4-12(18-8-17-11)22-3-1-2-19-22/h1-5,8-9H,6-7H2,(H,16,20,23). The Bertz CT molecular complexity index is 860. The summed E-state index contributed by atoms with van der Waals surface area (Å²) in [5, 5.41) is 6.61. The van der Waals surface area contributed by atoms with Crippen LogP contribution in [0.4, 0.5) is 15.3 Å². The van der Waals surface area contributed by atoms with Gasteiger partial charge < -0.3 is 10.2 Å². The molecule has 0 saturated carbocycles. The number of thiazole rings is 1. The number of nitrogens with zero attached hydrogens (tertiary/aromatic N) is 6. The zero-order valence-corrected chi connectivity index (χ0v) is 13.1. The van der Waals surface area contributed by atoms with Crippen LogP contribution in [0.25, 0.3) is 5.82 Å². The van der Waals surface area contributed by atoms with Crippen LogP contribution in [0.3, 0.4) is 0 Å². The van der Waals surface area contributed by atoms with E-state index in [-0.39, 0.29) is 17.0 Å². The number of carbonyl (C=O) groups is 1. The maximum absolute atomic E-state index is 12.9. The van der Waals surface area contributed by atoms with Crippen LogP contribution in [0.15, 0.2) is 37.1 Å². The van der Waals surface area contributed by atoms with E-state index in [0.717, 1.165) is 23.4 Å². The highest BCUT2D eigenvalue weighted by Crippen LogP contribution is 2.25. The predicted octanol–water partition coefficient (Wildman–Crippen LogP) is 1.33. The Balaban J connectivity index is 1.39. The second-order valence-corrected chi connectivity index (χ2v) is 6.23. The van der Waals surface area contributed by atoms with Crippen molar-refractivity contribution in [3.8, 4) is 5.82 Å². The molecule has 1 saturated heterocycles. The molecule has 3 aromatic heterocycles. The first kappa shape index (κ1) is 14.7. The molecule has 10 heteroatoms. The summed E-state index contributed by atoms with van der Waals surface area (Å²) >= 11 is 0.812. The van der Waals surface area contributed by atoms with Crippen molar-refractivity contribution in [2.24, 2.45) is 5.92 Å². The lowest BCUT2D eigenvalue weighted by molar-refractivity contribution is -0.120. The summed E-state index contributed by atoms with van der Waals surface area (Å²) in [7, 11) is 0. The van der Waals surface area contributed by atoms with Crippen LogP contribution in [0.1, 0.15) is 0 Å². The van der Waals surface area contributed by atoms with Gasteiger partial charge in [-0.15, -0.1) is 0 Å². The monoisotopic (exact) mass is 345 g/mol. The van der Waals surface area contributed by atoms with Crippen LogP contribution in [0.5, 0.6) is 0 Å². The van der Waals surface area contributed by atoms with E-state index in [1.165, 1.54) is 6.33 Å². The molecule has 0 unspecified atom stereocenters. The topological polar surface area (TPSA) is 88.8 Å². The second kappa shape index (κ2) is 5.96. The van der Waals surface area contributed by atoms with Crippen LogP contribution in [0.2, 0.25) is 0 Å². The maximum Gasteiger partial charge on any atom is 0.232 e. The van der Waals surface area contributed by atoms with Crippen molar-refractivity contribution >= 4 is 28.2 Å². The Hall–Kier alpha value is -2.88. The number of hydrogen-bond donors (Lipinski definition) is 1. The minimum Gasteiger partial charge on any atom is -0.355 e. The largest absolute Gasteiger partial charge is 0.355 e. The van der Waals surface area contributed by atoms with Crippen LogP contribution in [-0.4, -0.2) is 43.7 Å². The van der Waals surface area contributed by atoms with Crippen molar-refractivity contribution < 1.29 is 9.18 Å². The molecule has 1 aliphatic heterocycles. The first-order chi connectivity index (χ1) is 11.7. The van der Waals surface area contributed by atoms with Crippen LogP contribution >= 0.6 is 11.3 Å². The number of anilines is 2. The lowest BCUT2D eigenvalue weighted by atomic mass is 9.99. The first-order valence-corrected chi connectivity index (χ1v) is 8.00. The normalized spacial score (nSPS) is 14.5. The van der Waals surface area contributed by atoms with Gasteiger partial charge in [0.25, 0.3) is 0 Å². The fraction of sp³-hybridized carbons (Fsp3) is 0.214. The van der Waals surface area contributed by atoms with E-state index in [9.17, 15) is 9.18 Å². The number of amides is 1. The molecule has 1 N–H and O–H groups in total. The van der Waals surface area contributed by atoms with E-state index in [1.807, 2.05) is 17.0 Å². The zero-order valence-electron chi connectivity index (χ0n) is 12.3. The average molecular weight is 345 g/mol. The van der Waals surface area contributed by atoms with Gasteiger partial charge >= 0.3 is 0 Å². The van der Waals surface area contributed by atoms with Gasteiger partial charge in [0.2, 0.25) is 5.91 Å². The summed E-state index contributed by atoms with van der Waals surface area (Å²) < 4.78 is 14.5. The van der Waals surface area contributed by atoms with E-state index in [4.69, 9.17) is 0 Å². The third-order valence-electron chi connectivity index (χ3n) is 3.66. The van der Waals surface area contributed by atoms with Crippen molar-refractivity contribution in [1.29, 1.82) is 0 Å². The summed E-state index contributed by atoms with van der Waals surface area (Å²) in [6, 6.07) is 3.63. The molecule has 122 valence electrons. The second-order valence-electron chi connectivity index (χ2n) is 5.25. The molecule has 0 radical (unpaired) electrons. The molecule has 0 atom stereocenters. The number of rotatable bonds is 4. The summed E-state index contributed by atoms with van der Waals surface area (Å²) in [6.45, 7) is 1.07. The Kier molecular flexibility index (Phi) is 3.65. The van der Waals surface area contributed by atoms with Crippen LogP contribution in [0, 0.1) is 11.0 Å². The molecule has 1 fully saturated rings. The Labute approximate surface area is 140 Å². The molecule has 1 amide bonds. The summed E-state index contributed by atoms with van der Waals surface area (Å²) in [5.41, 5.74) is 0. The molecule has 0 aliphatic carbocycles. The van der Waals surface area contributed by atoms with Gasteiger partial charge in [0.1, 0.15) is 12.1 Å². The molecular formula is C14H12FN7OS. The van der Waals surface area contributed by atoms with Crippen molar-refractivity contribution in [3.63, 3.8) is 0 Å².